The summed E-state index contributed by atoms with van der Waals surface area (Å²) in [5.74, 6) is 0.295. The zero-order valence-corrected chi connectivity index (χ0v) is 14.8. The van der Waals surface area contributed by atoms with E-state index in [2.05, 4.69) is 24.1 Å². The Balaban J connectivity index is 2.95. The SMILES string of the molecule is CC(C)CN(C(C)C)S(=O)(=O)c1c[nH]c(CNC(C)C)c1. The molecule has 1 heterocycles. The van der Waals surface area contributed by atoms with Crippen LogP contribution in [-0.2, 0) is 16.6 Å². The lowest BCUT2D eigenvalue weighted by molar-refractivity contribution is 0.319. The molecule has 0 radical (unpaired) electrons. The Morgan fingerprint density at radius 2 is 1.81 bits per heavy atom. The van der Waals surface area contributed by atoms with E-state index in [0.717, 1.165) is 5.69 Å². The molecule has 1 aromatic rings. The number of aromatic amines is 1. The number of H-pyrrole nitrogens is 1. The van der Waals surface area contributed by atoms with Gasteiger partial charge < -0.3 is 10.3 Å². The molecule has 0 aliphatic carbocycles. The van der Waals surface area contributed by atoms with E-state index < -0.39 is 10.0 Å². The Morgan fingerprint density at radius 1 is 1.19 bits per heavy atom. The Bertz CT molecular complexity index is 533. The van der Waals surface area contributed by atoms with Gasteiger partial charge >= 0.3 is 0 Å². The Kier molecular flexibility index (Phi) is 6.43. The van der Waals surface area contributed by atoms with Crippen LogP contribution in [0.1, 0.15) is 47.2 Å². The molecular weight excluding hydrogens is 286 g/mol. The lowest BCUT2D eigenvalue weighted by Crippen LogP contribution is -2.39. The van der Waals surface area contributed by atoms with Crippen molar-refractivity contribution in [3.05, 3.63) is 18.0 Å². The molecule has 0 aliphatic rings. The van der Waals surface area contributed by atoms with Crippen LogP contribution in [0.25, 0.3) is 0 Å². The molecule has 0 spiro atoms. The Morgan fingerprint density at radius 3 is 2.29 bits per heavy atom. The second-order valence-electron chi connectivity index (χ2n) is 6.46. The molecule has 0 saturated heterocycles. The second-order valence-corrected chi connectivity index (χ2v) is 8.35. The van der Waals surface area contributed by atoms with Gasteiger partial charge in [-0.2, -0.15) is 4.31 Å². The average molecular weight is 315 g/mol. The van der Waals surface area contributed by atoms with E-state index in [-0.39, 0.29) is 6.04 Å². The van der Waals surface area contributed by atoms with Crippen LogP contribution in [0.4, 0.5) is 0 Å². The van der Waals surface area contributed by atoms with Crippen molar-refractivity contribution in [3.63, 3.8) is 0 Å². The maximum absolute atomic E-state index is 12.7. The van der Waals surface area contributed by atoms with Gasteiger partial charge in [0, 0.05) is 37.1 Å². The molecule has 21 heavy (non-hydrogen) atoms. The summed E-state index contributed by atoms with van der Waals surface area (Å²) < 4.78 is 27.1. The molecule has 5 nitrogen and oxygen atoms in total. The van der Waals surface area contributed by atoms with Gasteiger partial charge in [0.1, 0.15) is 0 Å². The molecule has 0 bridgehead atoms. The van der Waals surface area contributed by atoms with Crippen LogP contribution in [0, 0.1) is 5.92 Å². The molecule has 0 saturated carbocycles. The molecule has 0 fully saturated rings. The maximum Gasteiger partial charge on any atom is 0.244 e. The maximum atomic E-state index is 12.7. The summed E-state index contributed by atoms with van der Waals surface area (Å²) in [4.78, 5) is 3.39. The van der Waals surface area contributed by atoms with Crippen LogP contribution >= 0.6 is 0 Å². The minimum absolute atomic E-state index is 0.0514. The van der Waals surface area contributed by atoms with Crippen LogP contribution < -0.4 is 5.32 Å². The summed E-state index contributed by atoms with van der Waals surface area (Å²) in [5, 5.41) is 3.27. The van der Waals surface area contributed by atoms with Crippen molar-refractivity contribution in [2.24, 2.45) is 5.92 Å². The fourth-order valence-corrected chi connectivity index (χ4v) is 3.89. The van der Waals surface area contributed by atoms with Gasteiger partial charge in [0.2, 0.25) is 10.0 Å². The molecule has 0 unspecified atom stereocenters. The van der Waals surface area contributed by atoms with Crippen molar-refractivity contribution in [1.82, 2.24) is 14.6 Å². The van der Waals surface area contributed by atoms with Crippen LogP contribution in [-0.4, -0.2) is 36.3 Å². The van der Waals surface area contributed by atoms with Crippen LogP contribution in [0.2, 0.25) is 0 Å². The standard InChI is InChI=1S/C15H29N3O2S/c1-11(2)10-18(13(5)6)21(19,20)15-7-14(17-9-15)8-16-12(3)4/h7,9,11-13,16-17H,8,10H2,1-6H3. The van der Waals surface area contributed by atoms with Crippen LogP contribution in [0.3, 0.4) is 0 Å². The first-order chi connectivity index (χ1) is 9.64. The van der Waals surface area contributed by atoms with Gasteiger partial charge in [-0.1, -0.05) is 27.7 Å². The molecule has 6 heteroatoms. The lowest BCUT2D eigenvalue weighted by Gasteiger charge is -2.27. The van der Waals surface area contributed by atoms with Crippen LogP contribution in [0.5, 0.6) is 0 Å². The van der Waals surface area contributed by atoms with Crippen molar-refractivity contribution < 1.29 is 8.42 Å². The number of hydrogen-bond donors (Lipinski definition) is 2. The summed E-state index contributed by atoms with van der Waals surface area (Å²) in [6, 6.07) is 2.03. The molecule has 0 amide bonds. The molecule has 1 aromatic heterocycles. The summed E-state index contributed by atoms with van der Waals surface area (Å²) in [5.41, 5.74) is 0.885. The van der Waals surface area contributed by atoms with Gasteiger partial charge in [-0.05, 0) is 25.8 Å². The highest BCUT2D eigenvalue weighted by Crippen LogP contribution is 2.20. The minimum Gasteiger partial charge on any atom is -0.363 e. The minimum atomic E-state index is -3.44. The molecule has 2 N–H and O–H groups in total. The Hall–Kier alpha value is -0.850. The van der Waals surface area contributed by atoms with E-state index in [1.54, 1.807) is 16.6 Å². The fourth-order valence-electron chi connectivity index (χ4n) is 2.07. The lowest BCUT2D eigenvalue weighted by atomic mass is 10.2. The van der Waals surface area contributed by atoms with E-state index in [0.29, 0.717) is 29.9 Å². The molecule has 0 aliphatic heterocycles. The number of nitrogens with one attached hydrogen (secondary N) is 2. The van der Waals surface area contributed by atoms with E-state index in [1.165, 1.54) is 0 Å². The molecule has 1 rings (SSSR count). The first kappa shape index (κ1) is 18.2. The van der Waals surface area contributed by atoms with Crippen LogP contribution in [0.15, 0.2) is 17.2 Å². The van der Waals surface area contributed by atoms with Gasteiger partial charge in [0.25, 0.3) is 0 Å². The molecule has 122 valence electrons. The smallest absolute Gasteiger partial charge is 0.244 e. The van der Waals surface area contributed by atoms with Gasteiger partial charge in [-0.25, -0.2) is 8.42 Å². The van der Waals surface area contributed by atoms with Gasteiger partial charge in [-0.15, -0.1) is 0 Å². The third-order valence-corrected chi connectivity index (χ3v) is 5.16. The predicted octanol–water partition coefficient (Wildman–Crippen LogP) is 2.57. The third kappa shape index (κ3) is 5.13. The topological polar surface area (TPSA) is 65.2 Å². The molecular formula is C15H29N3O2S. The first-order valence-electron chi connectivity index (χ1n) is 7.57. The van der Waals surface area contributed by atoms with Crippen molar-refractivity contribution in [1.29, 1.82) is 0 Å². The zero-order valence-electron chi connectivity index (χ0n) is 14.0. The van der Waals surface area contributed by atoms with Gasteiger partial charge in [-0.3, -0.25) is 0 Å². The number of nitrogens with zero attached hydrogens (tertiary/aromatic N) is 1. The first-order valence-corrected chi connectivity index (χ1v) is 9.01. The number of aromatic nitrogens is 1. The van der Waals surface area contributed by atoms with Crippen molar-refractivity contribution in [2.45, 2.75) is 65.1 Å². The third-order valence-electron chi connectivity index (χ3n) is 3.14. The molecule has 0 aromatic carbocycles. The summed E-state index contributed by atoms with van der Waals surface area (Å²) in [7, 11) is -3.44. The number of sulfonamides is 1. The van der Waals surface area contributed by atoms with E-state index >= 15 is 0 Å². The summed E-state index contributed by atoms with van der Waals surface area (Å²) >= 11 is 0. The van der Waals surface area contributed by atoms with E-state index in [4.69, 9.17) is 0 Å². The van der Waals surface area contributed by atoms with Crippen molar-refractivity contribution in [3.8, 4) is 0 Å². The highest BCUT2D eigenvalue weighted by atomic mass is 32.2. The number of hydrogen-bond acceptors (Lipinski definition) is 3. The second kappa shape index (κ2) is 7.42. The quantitative estimate of drug-likeness (QED) is 0.775. The van der Waals surface area contributed by atoms with E-state index in [9.17, 15) is 8.42 Å². The highest BCUT2D eigenvalue weighted by molar-refractivity contribution is 7.89. The zero-order chi connectivity index (χ0) is 16.2. The predicted molar refractivity (Wildman–Crippen MR) is 86.6 cm³/mol. The Labute approximate surface area is 129 Å². The monoisotopic (exact) mass is 315 g/mol. The average Bonchev–Trinajstić information content (AvgIpc) is 2.82. The highest BCUT2D eigenvalue weighted by Gasteiger charge is 2.28. The van der Waals surface area contributed by atoms with Crippen molar-refractivity contribution in [2.75, 3.05) is 6.54 Å². The van der Waals surface area contributed by atoms with E-state index in [1.807, 2.05) is 27.7 Å². The number of rotatable bonds is 8. The van der Waals surface area contributed by atoms with Gasteiger partial charge in [0.05, 0.1) is 4.90 Å². The fraction of sp³-hybridized carbons (Fsp3) is 0.733. The summed E-state index contributed by atoms with van der Waals surface area (Å²) in [6.07, 6.45) is 1.59. The molecule has 0 atom stereocenters. The van der Waals surface area contributed by atoms with Gasteiger partial charge in [0.15, 0.2) is 0 Å². The normalized spacial score (nSPS) is 13.0. The largest absolute Gasteiger partial charge is 0.363 e. The van der Waals surface area contributed by atoms with Crippen molar-refractivity contribution >= 4 is 10.0 Å². The summed E-state index contributed by atoms with van der Waals surface area (Å²) in [6.45, 7) is 13.2.